The van der Waals surface area contributed by atoms with Crippen LogP contribution in [-0.4, -0.2) is 27.8 Å². The summed E-state index contributed by atoms with van der Waals surface area (Å²) in [4.78, 5) is 6.33. The fraction of sp³-hybridized carbons (Fsp3) is 0.786. The first-order chi connectivity index (χ1) is 8.99. The summed E-state index contributed by atoms with van der Waals surface area (Å²) in [7, 11) is 0. The standard InChI is InChI=1S/C14H24N2S3/c1-5-10-11(8-15-14(2,3)4)19-13(16-10)12-9-17-6-7-18-12/h12,15H,5-9H2,1-4H3. The van der Waals surface area contributed by atoms with E-state index in [9.17, 15) is 0 Å². The van der Waals surface area contributed by atoms with Crippen molar-refractivity contribution in [3.8, 4) is 0 Å². The fourth-order valence-electron chi connectivity index (χ4n) is 1.93. The second-order valence-electron chi connectivity index (χ2n) is 5.81. The van der Waals surface area contributed by atoms with Gasteiger partial charge in [-0.15, -0.1) is 23.1 Å². The van der Waals surface area contributed by atoms with E-state index >= 15 is 0 Å². The van der Waals surface area contributed by atoms with E-state index in [-0.39, 0.29) is 5.54 Å². The first kappa shape index (κ1) is 15.7. The highest BCUT2D eigenvalue weighted by Crippen LogP contribution is 2.39. The number of hydrogen-bond acceptors (Lipinski definition) is 5. The van der Waals surface area contributed by atoms with Crippen molar-refractivity contribution in [2.24, 2.45) is 0 Å². The van der Waals surface area contributed by atoms with Crippen LogP contribution in [0, 0.1) is 0 Å². The number of aromatic nitrogens is 1. The smallest absolute Gasteiger partial charge is 0.107 e. The third-order valence-corrected chi connectivity index (χ3v) is 7.12. The second-order valence-corrected chi connectivity index (χ2v) is 9.39. The molecule has 0 bridgehead atoms. The molecule has 1 aromatic rings. The van der Waals surface area contributed by atoms with Gasteiger partial charge in [0.1, 0.15) is 5.01 Å². The highest BCUT2D eigenvalue weighted by atomic mass is 32.2. The van der Waals surface area contributed by atoms with Crippen LogP contribution in [0.15, 0.2) is 0 Å². The van der Waals surface area contributed by atoms with Gasteiger partial charge in [-0.1, -0.05) is 6.92 Å². The van der Waals surface area contributed by atoms with Crippen LogP contribution in [0.25, 0.3) is 0 Å². The van der Waals surface area contributed by atoms with Gasteiger partial charge in [-0.05, 0) is 27.2 Å². The first-order valence-corrected chi connectivity index (χ1v) is 9.94. The minimum atomic E-state index is 0.171. The van der Waals surface area contributed by atoms with Crippen molar-refractivity contribution < 1.29 is 0 Å². The molecular formula is C14H24N2S3. The molecule has 2 nitrogen and oxygen atoms in total. The van der Waals surface area contributed by atoms with Crippen LogP contribution in [0.5, 0.6) is 0 Å². The molecule has 1 saturated heterocycles. The van der Waals surface area contributed by atoms with Gasteiger partial charge in [0.2, 0.25) is 0 Å². The minimum Gasteiger partial charge on any atom is -0.307 e. The number of nitrogens with zero attached hydrogens (tertiary/aromatic N) is 1. The van der Waals surface area contributed by atoms with E-state index in [1.54, 1.807) is 0 Å². The van der Waals surface area contributed by atoms with Gasteiger partial charge in [-0.2, -0.15) is 11.8 Å². The molecule has 2 rings (SSSR count). The molecule has 1 fully saturated rings. The lowest BCUT2D eigenvalue weighted by molar-refractivity contribution is 0.425. The van der Waals surface area contributed by atoms with Crippen molar-refractivity contribution in [2.45, 2.75) is 51.4 Å². The van der Waals surface area contributed by atoms with Crippen molar-refractivity contribution in [3.05, 3.63) is 15.6 Å². The molecule has 1 atom stereocenters. The Morgan fingerprint density at radius 3 is 2.68 bits per heavy atom. The molecule has 1 N–H and O–H groups in total. The van der Waals surface area contributed by atoms with Crippen LogP contribution in [-0.2, 0) is 13.0 Å². The third kappa shape index (κ3) is 4.66. The average molecular weight is 317 g/mol. The molecule has 0 saturated carbocycles. The Morgan fingerprint density at radius 1 is 1.32 bits per heavy atom. The highest BCUT2D eigenvalue weighted by Gasteiger charge is 2.22. The van der Waals surface area contributed by atoms with Crippen LogP contribution < -0.4 is 5.32 Å². The Morgan fingerprint density at radius 2 is 2.11 bits per heavy atom. The summed E-state index contributed by atoms with van der Waals surface area (Å²) in [5, 5.41) is 5.56. The lowest BCUT2D eigenvalue weighted by Crippen LogP contribution is -2.35. The fourth-order valence-corrected chi connectivity index (χ4v) is 6.01. The molecule has 5 heteroatoms. The highest BCUT2D eigenvalue weighted by molar-refractivity contribution is 8.06. The Labute approximate surface area is 129 Å². The van der Waals surface area contributed by atoms with Crippen molar-refractivity contribution in [1.82, 2.24) is 10.3 Å². The maximum absolute atomic E-state index is 4.90. The van der Waals surface area contributed by atoms with Gasteiger partial charge in [0, 0.05) is 34.2 Å². The van der Waals surface area contributed by atoms with Crippen molar-refractivity contribution >= 4 is 34.9 Å². The van der Waals surface area contributed by atoms with Gasteiger partial charge in [0.15, 0.2) is 0 Å². The molecule has 0 amide bonds. The molecule has 1 aromatic heterocycles. The van der Waals surface area contributed by atoms with Crippen LogP contribution in [0.2, 0.25) is 0 Å². The average Bonchev–Trinajstić information content (AvgIpc) is 2.80. The van der Waals surface area contributed by atoms with Crippen LogP contribution in [0.1, 0.15) is 48.5 Å². The van der Waals surface area contributed by atoms with E-state index in [0.29, 0.717) is 5.25 Å². The Hall–Kier alpha value is 0.290. The van der Waals surface area contributed by atoms with Crippen molar-refractivity contribution in [3.63, 3.8) is 0 Å². The summed E-state index contributed by atoms with van der Waals surface area (Å²) >= 11 is 6.07. The molecule has 0 radical (unpaired) electrons. The van der Waals surface area contributed by atoms with Gasteiger partial charge in [0.25, 0.3) is 0 Å². The van der Waals surface area contributed by atoms with Gasteiger partial charge in [-0.25, -0.2) is 4.98 Å². The van der Waals surface area contributed by atoms with Gasteiger partial charge >= 0.3 is 0 Å². The number of nitrogens with one attached hydrogen (secondary N) is 1. The number of aryl methyl sites for hydroxylation is 1. The molecule has 2 heterocycles. The van der Waals surface area contributed by atoms with E-state index in [2.05, 4.69) is 56.5 Å². The summed E-state index contributed by atoms with van der Waals surface area (Å²) in [6, 6.07) is 0. The van der Waals surface area contributed by atoms with Crippen LogP contribution >= 0.6 is 34.9 Å². The Kier molecular flexibility index (Phi) is 5.64. The zero-order chi connectivity index (χ0) is 13.9. The lowest BCUT2D eigenvalue weighted by atomic mass is 10.1. The molecule has 1 unspecified atom stereocenters. The van der Waals surface area contributed by atoms with Crippen LogP contribution in [0.3, 0.4) is 0 Å². The SMILES string of the molecule is CCc1nc(C2CSCCS2)sc1CNC(C)(C)C. The molecule has 1 aliphatic heterocycles. The quantitative estimate of drug-likeness (QED) is 0.903. The maximum Gasteiger partial charge on any atom is 0.107 e. The number of thioether (sulfide) groups is 2. The zero-order valence-corrected chi connectivity index (χ0v) is 14.7. The molecular weight excluding hydrogens is 292 g/mol. The number of rotatable bonds is 4. The van der Waals surface area contributed by atoms with Gasteiger partial charge in [-0.3, -0.25) is 0 Å². The maximum atomic E-state index is 4.90. The van der Waals surface area contributed by atoms with Gasteiger partial charge < -0.3 is 5.32 Å². The second kappa shape index (κ2) is 6.83. The lowest BCUT2D eigenvalue weighted by Gasteiger charge is -2.20. The molecule has 0 spiro atoms. The summed E-state index contributed by atoms with van der Waals surface area (Å²) in [5.74, 6) is 3.80. The molecule has 0 aliphatic carbocycles. The summed E-state index contributed by atoms with van der Waals surface area (Å²) in [6.45, 7) is 9.81. The first-order valence-electron chi connectivity index (χ1n) is 6.92. The molecule has 19 heavy (non-hydrogen) atoms. The van der Waals surface area contributed by atoms with E-state index in [4.69, 9.17) is 4.98 Å². The number of thiazole rings is 1. The van der Waals surface area contributed by atoms with E-state index in [1.807, 2.05) is 11.3 Å². The summed E-state index contributed by atoms with van der Waals surface area (Å²) < 4.78 is 0. The van der Waals surface area contributed by atoms with E-state index in [0.717, 1.165) is 13.0 Å². The number of hydrogen-bond donors (Lipinski definition) is 1. The largest absolute Gasteiger partial charge is 0.307 e. The summed E-state index contributed by atoms with van der Waals surface area (Å²) in [5.41, 5.74) is 1.47. The van der Waals surface area contributed by atoms with Gasteiger partial charge in [0.05, 0.1) is 10.9 Å². The normalized spacial score (nSPS) is 20.7. The van der Waals surface area contributed by atoms with E-state index < -0.39 is 0 Å². The predicted octanol–water partition coefficient (Wildman–Crippen LogP) is 4.11. The molecule has 1 aliphatic rings. The predicted molar refractivity (Wildman–Crippen MR) is 90.6 cm³/mol. The van der Waals surface area contributed by atoms with Crippen LogP contribution in [0.4, 0.5) is 0 Å². The van der Waals surface area contributed by atoms with Crippen molar-refractivity contribution in [2.75, 3.05) is 17.3 Å². The summed E-state index contributed by atoms with van der Waals surface area (Å²) in [6.07, 6.45) is 1.04. The Balaban J connectivity index is 2.07. The zero-order valence-electron chi connectivity index (χ0n) is 12.3. The van der Waals surface area contributed by atoms with E-state index in [1.165, 1.54) is 32.8 Å². The third-order valence-electron chi connectivity index (χ3n) is 3.00. The molecule has 108 valence electrons. The minimum absolute atomic E-state index is 0.171. The monoisotopic (exact) mass is 316 g/mol. The molecule has 0 aromatic carbocycles. The van der Waals surface area contributed by atoms with Crippen molar-refractivity contribution in [1.29, 1.82) is 0 Å². The topological polar surface area (TPSA) is 24.9 Å². The Bertz CT molecular complexity index is 403.